The summed E-state index contributed by atoms with van der Waals surface area (Å²) < 4.78 is 0. The summed E-state index contributed by atoms with van der Waals surface area (Å²) in [6, 6.07) is 8.60. The molecule has 2 atom stereocenters. The summed E-state index contributed by atoms with van der Waals surface area (Å²) in [5.74, 6) is 0.937. The van der Waals surface area contributed by atoms with Gasteiger partial charge >= 0.3 is 0 Å². The highest BCUT2D eigenvalue weighted by atomic mass is 16.3. The third-order valence-electron chi connectivity index (χ3n) is 3.86. The fourth-order valence-corrected chi connectivity index (χ4v) is 2.88. The van der Waals surface area contributed by atoms with Crippen LogP contribution in [-0.2, 0) is 0 Å². The lowest BCUT2D eigenvalue weighted by Gasteiger charge is -2.24. The number of benzene rings is 1. The summed E-state index contributed by atoms with van der Waals surface area (Å²) in [7, 11) is 0. The topological polar surface area (TPSA) is 32.3 Å². The number of rotatable bonds is 3. The summed E-state index contributed by atoms with van der Waals surface area (Å²) in [6.07, 6.45) is 3.64. The van der Waals surface area contributed by atoms with Crippen LogP contribution in [-0.4, -0.2) is 24.8 Å². The van der Waals surface area contributed by atoms with Gasteiger partial charge in [-0.3, -0.25) is 0 Å². The van der Waals surface area contributed by atoms with Gasteiger partial charge in [-0.25, -0.2) is 0 Å². The first-order chi connectivity index (χ1) is 8.31. The van der Waals surface area contributed by atoms with E-state index in [1.807, 2.05) is 0 Å². The van der Waals surface area contributed by atoms with E-state index in [4.69, 9.17) is 0 Å². The van der Waals surface area contributed by atoms with E-state index < -0.39 is 0 Å². The Kier molecular flexibility index (Phi) is 4.57. The van der Waals surface area contributed by atoms with Gasteiger partial charge in [0.1, 0.15) is 0 Å². The number of aliphatic hydroxyl groups is 1. The Morgan fingerprint density at radius 3 is 3.00 bits per heavy atom. The zero-order valence-corrected chi connectivity index (χ0v) is 10.7. The van der Waals surface area contributed by atoms with E-state index in [1.165, 1.54) is 30.4 Å². The Hall–Kier alpha value is -0.860. The Balaban J connectivity index is 2.14. The van der Waals surface area contributed by atoms with Crippen molar-refractivity contribution in [2.24, 2.45) is 5.92 Å². The molecule has 0 amide bonds. The minimum Gasteiger partial charge on any atom is -0.396 e. The standard InChI is InChI=1S/C15H23NO/c1-12-4-2-5-14(10-12)15(11-17)13-6-3-8-16-9-7-13/h2,4-5,10,13,15-17H,3,6-9,11H2,1H3. The Bertz CT molecular complexity index is 343. The molecule has 2 heteroatoms. The van der Waals surface area contributed by atoms with Crippen LogP contribution in [0.1, 0.15) is 36.3 Å². The van der Waals surface area contributed by atoms with Gasteiger partial charge in [0, 0.05) is 5.92 Å². The first-order valence-corrected chi connectivity index (χ1v) is 6.69. The van der Waals surface area contributed by atoms with Crippen LogP contribution < -0.4 is 5.32 Å². The largest absolute Gasteiger partial charge is 0.396 e. The molecule has 2 rings (SSSR count). The van der Waals surface area contributed by atoms with E-state index in [0.717, 1.165) is 13.1 Å². The highest BCUT2D eigenvalue weighted by Crippen LogP contribution is 2.31. The number of aryl methyl sites for hydroxylation is 1. The molecule has 17 heavy (non-hydrogen) atoms. The Labute approximate surface area is 104 Å². The highest BCUT2D eigenvalue weighted by Gasteiger charge is 2.23. The van der Waals surface area contributed by atoms with Crippen LogP contribution in [0.5, 0.6) is 0 Å². The van der Waals surface area contributed by atoms with Crippen molar-refractivity contribution in [2.75, 3.05) is 19.7 Å². The van der Waals surface area contributed by atoms with E-state index in [2.05, 4.69) is 36.5 Å². The van der Waals surface area contributed by atoms with Gasteiger partial charge in [-0.2, -0.15) is 0 Å². The normalized spacial score (nSPS) is 23.1. The first kappa shape index (κ1) is 12.6. The maximum atomic E-state index is 9.69. The molecule has 2 unspecified atom stereocenters. The fourth-order valence-electron chi connectivity index (χ4n) is 2.88. The van der Waals surface area contributed by atoms with Crippen molar-refractivity contribution in [3.63, 3.8) is 0 Å². The number of hydrogen-bond acceptors (Lipinski definition) is 2. The second-order valence-electron chi connectivity index (χ2n) is 5.14. The molecule has 94 valence electrons. The van der Waals surface area contributed by atoms with Crippen molar-refractivity contribution in [2.45, 2.75) is 32.1 Å². The van der Waals surface area contributed by atoms with Crippen LogP contribution >= 0.6 is 0 Å². The van der Waals surface area contributed by atoms with E-state index in [-0.39, 0.29) is 6.61 Å². The lowest BCUT2D eigenvalue weighted by Crippen LogP contribution is -2.19. The van der Waals surface area contributed by atoms with Gasteiger partial charge in [0.2, 0.25) is 0 Å². The molecule has 0 aliphatic carbocycles. The van der Waals surface area contributed by atoms with Crippen LogP contribution in [0.3, 0.4) is 0 Å². The predicted molar refractivity (Wildman–Crippen MR) is 71.2 cm³/mol. The van der Waals surface area contributed by atoms with Gasteiger partial charge < -0.3 is 10.4 Å². The van der Waals surface area contributed by atoms with Crippen LogP contribution in [0.25, 0.3) is 0 Å². The van der Waals surface area contributed by atoms with Gasteiger partial charge in [-0.1, -0.05) is 29.8 Å². The van der Waals surface area contributed by atoms with Crippen LogP contribution in [0.4, 0.5) is 0 Å². The number of hydrogen-bond donors (Lipinski definition) is 2. The molecule has 0 radical (unpaired) electrons. The van der Waals surface area contributed by atoms with Gasteiger partial charge in [-0.15, -0.1) is 0 Å². The van der Waals surface area contributed by atoms with E-state index in [1.54, 1.807) is 0 Å². The summed E-state index contributed by atoms with van der Waals surface area (Å²) in [4.78, 5) is 0. The van der Waals surface area contributed by atoms with E-state index >= 15 is 0 Å². The van der Waals surface area contributed by atoms with E-state index in [9.17, 15) is 5.11 Å². The van der Waals surface area contributed by atoms with Crippen LogP contribution in [0.15, 0.2) is 24.3 Å². The highest BCUT2D eigenvalue weighted by molar-refractivity contribution is 5.26. The predicted octanol–water partition coefficient (Wildman–Crippen LogP) is 2.46. The molecule has 2 N–H and O–H groups in total. The summed E-state index contributed by atoms with van der Waals surface area (Å²) in [6.45, 7) is 4.61. The average molecular weight is 233 g/mol. The van der Waals surface area contributed by atoms with Crippen molar-refractivity contribution in [3.8, 4) is 0 Å². The zero-order chi connectivity index (χ0) is 12.1. The average Bonchev–Trinajstić information content (AvgIpc) is 2.59. The number of nitrogens with one attached hydrogen (secondary N) is 1. The lowest BCUT2D eigenvalue weighted by atomic mass is 9.82. The molecule has 1 aliphatic rings. The molecule has 1 aromatic carbocycles. The van der Waals surface area contributed by atoms with Crippen molar-refractivity contribution >= 4 is 0 Å². The number of aliphatic hydroxyl groups excluding tert-OH is 1. The van der Waals surface area contributed by atoms with Crippen molar-refractivity contribution in [3.05, 3.63) is 35.4 Å². The van der Waals surface area contributed by atoms with Gasteiger partial charge in [-0.05, 0) is 50.8 Å². The molecule has 1 aromatic rings. The molecule has 2 nitrogen and oxygen atoms in total. The molecule has 0 saturated carbocycles. The zero-order valence-electron chi connectivity index (χ0n) is 10.7. The first-order valence-electron chi connectivity index (χ1n) is 6.69. The quantitative estimate of drug-likeness (QED) is 0.840. The summed E-state index contributed by atoms with van der Waals surface area (Å²) >= 11 is 0. The SMILES string of the molecule is Cc1cccc(C(CO)C2CCCNCC2)c1. The molecule has 1 aliphatic heterocycles. The molecule has 0 spiro atoms. The molecule has 0 bridgehead atoms. The lowest BCUT2D eigenvalue weighted by molar-refractivity contribution is 0.216. The molecular formula is C15H23NO. The smallest absolute Gasteiger partial charge is 0.0502 e. The maximum Gasteiger partial charge on any atom is 0.0502 e. The maximum absolute atomic E-state index is 9.69. The Morgan fingerprint density at radius 2 is 2.24 bits per heavy atom. The second kappa shape index (κ2) is 6.18. The van der Waals surface area contributed by atoms with Gasteiger partial charge in [0.25, 0.3) is 0 Å². The van der Waals surface area contributed by atoms with Gasteiger partial charge in [0.05, 0.1) is 6.61 Å². The third kappa shape index (κ3) is 3.30. The molecule has 0 aromatic heterocycles. The van der Waals surface area contributed by atoms with Gasteiger partial charge in [0.15, 0.2) is 0 Å². The molecule has 1 heterocycles. The molecule has 1 fully saturated rings. The summed E-state index contributed by atoms with van der Waals surface area (Å²) in [5.41, 5.74) is 2.59. The molecule has 1 saturated heterocycles. The Morgan fingerprint density at radius 1 is 1.35 bits per heavy atom. The summed E-state index contributed by atoms with van der Waals surface area (Å²) in [5, 5.41) is 13.1. The van der Waals surface area contributed by atoms with Crippen molar-refractivity contribution in [1.82, 2.24) is 5.32 Å². The minimum absolute atomic E-state index is 0.272. The van der Waals surface area contributed by atoms with Crippen LogP contribution in [0, 0.1) is 12.8 Å². The van der Waals surface area contributed by atoms with Crippen molar-refractivity contribution < 1.29 is 5.11 Å². The van der Waals surface area contributed by atoms with E-state index in [0.29, 0.717) is 11.8 Å². The molecular weight excluding hydrogens is 210 g/mol. The third-order valence-corrected chi connectivity index (χ3v) is 3.86. The second-order valence-corrected chi connectivity index (χ2v) is 5.14. The monoisotopic (exact) mass is 233 g/mol. The fraction of sp³-hybridized carbons (Fsp3) is 0.600. The van der Waals surface area contributed by atoms with Crippen LogP contribution in [0.2, 0.25) is 0 Å². The minimum atomic E-state index is 0.272. The van der Waals surface area contributed by atoms with Crippen molar-refractivity contribution in [1.29, 1.82) is 0 Å².